The molecule has 8 nitrogen and oxygen atoms in total. The van der Waals surface area contributed by atoms with Gasteiger partial charge in [0.15, 0.2) is 0 Å². The highest BCUT2D eigenvalue weighted by molar-refractivity contribution is 8.00. The molecule has 5 rings (SSSR count). The molecular weight excluding hydrogens is 596 g/mol. The number of rotatable bonds is 11. The number of benzene rings is 2. The van der Waals surface area contributed by atoms with Crippen molar-refractivity contribution in [3.05, 3.63) is 107 Å². The van der Waals surface area contributed by atoms with Crippen LogP contribution in [0, 0.1) is 17.2 Å². The lowest BCUT2D eigenvalue weighted by molar-refractivity contribution is -0.125. The molecule has 0 unspecified atom stereocenters. The van der Waals surface area contributed by atoms with Crippen molar-refractivity contribution in [1.29, 1.82) is 0 Å². The molecule has 0 spiro atoms. The summed E-state index contributed by atoms with van der Waals surface area (Å²) in [5, 5.41) is 3.84. The van der Waals surface area contributed by atoms with Gasteiger partial charge in [-0.2, -0.15) is 0 Å². The minimum atomic E-state index is -0.983. The van der Waals surface area contributed by atoms with Crippen LogP contribution in [0.25, 0.3) is 22.0 Å². The van der Waals surface area contributed by atoms with Gasteiger partial charge in [-0.15, -0.1) is 16.7 Å². The standard InChI is InChI=1S/C37H40N4O4S/c1-24-8-14-28(38-20-24)23-45-29-15-16-31-30(18-29)34(46-36(2,3)4)32(19-37(5,6)35(42)40-43)41(31)22-25-9-11-26(12-10-25)27-13-17-33(44-7)39-21-27/h8-18,20-21H,19,22-23H2,1-7H3. The number of nitroso groups, excluding NO2 is 1. The fraction of sp³-hybridized carbons (Fsp3) is 0.324. The summed E-state index contributed by atoms with van der Waals surface area (Å²) in [5.74, 6) is 0.641. The fourth-order valence-electron chi connectivity index (χ4n) is 5.24. The smallest absolute Gasteiger partial charge is 0.292 e. The first-order valence-electron chi connectivity index (χ1n) is 15.2. The number of hydrogen-bond donors (Lipinski definition) is 0. The van der Waals surface area contributed by atoms with Crippen LogP contribution >= 0.6 is 11.8 Å². The number of thioether (sulfide) groups is 1. The first-order valence-corrected chi connectivity index (χ1v) is 16.0. The molecule has 0 saturated carbocycles. The molecule has 0 saturated heterocycles. The molecule has 1 amide bonds. The SMILES string of the molecule is COc1ccc(-c2ccc(Cn3c(CC(C)(C)C(=O)N=O)c(SC(C)(C)C)c4cc(OCc5ccc(C)cn5)ccc43)cc2)cn1. The van der Waals surface area contributed by atoms with Crippen LogP contribution in [0.2, 0.25) is 0 Å². The van der Waals surface area contributed by atoms with Crippen molar-refractivity contribution in [3.8, 4) is 22.8 Å². The Morgan fingerprint density at radius 2 is 1.65 bits per heavy atom. The minimum Gasteiger partial charge on any atom is -0.487 e. The number of fused-ring (bicyclic) bond motifs is 1. The second-order valence-electron chi connectivity index (χ2n) is 13.1. The number of methoxy groups -OCH3 is 1. The number of aromatic nitrogens is 3. The van der Waals surface area contributed by atoms with Crippen molar-refractivity contribution in [2.45, 2.75) is 70.8 Å². The molecule has 3 aromatic heterocycles. The van der Waals surface area contributed by atoms with E-state index in [4.69, 9.17) is 9.47 Å². The Kier molecular flexibility index (Phi) is 9.63. The van der Waals surface area contributed by atoms with Crippen molar-refractivity contribution in [3.63, 3.8) is 0 Å². The maximum atomic E-state index is 12.7. The Morgan fingerprint density at radius 1 is 0.913 bits per heavy atom. The van der Waals surface area contributed by atoms with Crippen molar-refractivity contribution < 1.29 is 14.3 Å². The monoisotopic (exact) mass is 636 g/mol. The quantitative estimate of drug-likeness (QED) is 0.106. The topological polar surface area (TPSA) is 95.7 Å². The van der Waals surface area contributed by atoms with E-state index >= 15 is 0 Å². The van der Waals surface area contributed by atoms with E-state index in [0.29, 0.717) is 25.5 Å². The Bertz CT molecular complexity index is 1840. The highest BCUT2D eigenvalue weighted by Crippen LogP contribution is 2.44. The predicted octanol–water partition coefficient (Wildman–Crippen LogP) is 8.79. The average molecular weight is 637 g/mol. The largest absolute Gasteiger partial charge is 0.487 e. The van der Waals surface area contributed by atoms with Crippen molar-refractivity contribution >= 4 is 28.6 Å². The van der Waals surface area contributed by atoms with E-state index in [9.17, 15) is 9.70 Å². The van der Waals surface area contributed by atoms with Crippen LogP contribution in [0.3, 0.4) is 0 Å². The highest BCUT2D eigenvalue weighted by Gasteiger charge is 2.33. The van der Waals surface area contributed by atoms with E-state index in [1.54, 1.807) is 38.9 Å². The molecule has 0 aliphatic carbocycles. The van der Waals surface area contributed by atoms with E-state index in [1.807, 2.05) is 43.5 Å². The van der Waals surface area contributed by atoms with E-state index in [0.717, 1.165) is 55.2 Å². The predicted molar refractivity (Wildman–Crippen MR) is 184 cm³/mol. The zero-order chi connectivity index (χ0) is 33.1. The van der Waals surface area contributed by atoms with E-state index in [2.05, 4.69) is 76.9 Å². The van der Waals surface area contributed by atoms with Crippen molar-refractivity contribution in [1.82, 2.24) is 14.5 Å². The minimum absolute atomic E-state index is 0.123. The van der Waals surface area contributed by atoms with Gasteiger partial charge in [-0.05, 0) is 53.9 Å². The number of pyridine rings is 2. The molecule has 46 heavy (non-hydrogen) atoms. The van der Waals surface area contributed by atoms with Gasteiger partial charge in [0.1, 0.15) is 12.4 Å². The van der Waals surface area contributed by atoms with E-state index in [-0.39, 0.29) is 4.75 Å². The number of amides is 1. The summed E-state index contributed by atoms with van der Waals surface area (Å²) in [6.45, 7) is 13.0. The van der Waals surface area contributed by atoms with E-state index in [1.165, 1.54) is 0 Å². The van der Waals surface area contributed by atoms with Gasteiger partial charge in [0.2, 0.25) is 5.88 Å². The zero-order valence-corrected chi connectivity index (χ0v) is 28.3. The Balaban J connectivity index is 1.57. The van der Waals surface area contributed by atoms with Gasteiger partial charge < -0.3 is 14.0 Å². The first kappa shape index (κ1) is 32.9. The number of carbonyl (C=O) groups is 1. The molecule has 0 aliphatic rings. The van der Waals surface area contributed by atoms with Gasteiger partial charge in [-0.25, -0.2) is 4.98 Å². The van der Waals surface area contributed by atoms with E-state index < -0.39 is 11.3 Å². The molecular formula is C37H40N4O4S. The molecule has 0 fully saturated rings. The number of carbonyl (C=O) groups excluding carboxylic acids is 1. The summed E-state index contributed by atoms with van der Waals surface area (Å²) in [6, 6.07) is 22.4. The van der Waals surface area contributed by atoms with Crippen LogP contribution < -0.4 is 9.47 Å². The lowest BCUT2D eigenvalue weighted by Gasteiger charge is -2.24. The van der Waals surface area contributed by atoms with Gasteiger partial charge >= 0.3 is 0 Å². The number of ether oxygens (including phenoxy) is 2. The Hall–Kier alpha value is -4.50. The fourth-order valence-corrected chi connectivity index (χ4v) is 6.42. The van der Waals surface area contributed by atoms with Crippen LogP contribution in [0.15, 0.2) is 89.2 Å². The average Bonchev–Trinajstić information content (AvgIpc) is 3.29. The van der Waals surface area contributed by atoms with Crippen LogP contribution in [0.1, 0.15) is 57.1 Å². The molecule has 0 radical (unpaired) electrons. The van der Waals surface area contributed by atoms with Gasteiger partial charge in [0.05, 0.1) is 18.2 Å². The molecule has 0 bridgehead atoms. The Labute approximate surface area is 274 Å². The lowest BCUT2D eigenvalue weighted by atomic mass is 9.87. The summed E-state index contributed by atoms with van der Waals surface area (Å²) in [5.41, 5.74) is 6.12. The maximum absolute atomic E-state index is 12.7. The maximum Gasteiger partial charge on any atom is 0.292 e. The highest BCUT2D eigenvalue weighted by atomic mass is 32.2. The molecule has 9 heteroatoms. The number of aryl methyl sites for hydroxylation is 1. The zero-order valence-electron chi connectivity index (χ0n) is 27.5. The van der Waals surface area contributed by atoms with Crippen LogP contribution in [-0.2, 0) is 24.4 Å². The van der Waals surface area contributed by atoms with Crippen LogP contribution in [0.5, 0.6) is 11.6 Å². The molecule has 0 N–H and O–H groups in total. The number of nitrogens with zero attached hydrogens (tertiary/aromatic N) is 4. The molecule has 0 atom stereocenters. The third-order valence-electron chi connectivity index (χ3n) is 7.70. The molecule has 3 heterocycles. The second-order valence-corrected chi connectivity index (χ2v) is 15.0. The van der Waals surface area contributed by atoms with Crippen molar-refractivity contribution in [2.24, 2.45) is 10.6 Å². The van der Waals surface area contributed by atoms with Crippen LogP contribution in [0.4, 0.5) is 0 Å². The third kappa shape index (κ3) is 7.65. The number of hydrogen-bond acceptors (Lipinski definition) is 7. The lowest BCUT2D eigenvalue weighted by Crippen LogP contribution is -2.26. The van der Waals surface area contributed by atoms with Gasteiger partial charge in [0.25, 0.3) is 5.91 Å². The normalized spacial score (nSPS) is 11.9. The molecule has 5 aromatic rings. The van der Waals surface area contributed by atoms with Gasteiger partial charge in [-0.1, -0.05) is 65.0 Å². The van der Waals surface area contributed by atoms with Gasteiger partial charge in [-0.3, -0.25) is 9.78 Å². The summed E-state index contributed by atoms with van der Waals surface area (Å²) in [6.07, 6.45) is 3.99. The molecule has 0 aliphatic heterocycles. The summed E-state index contributed by atoms with van der Waals surface area (Å²) >= 11 is 1.75. The first-order chi connectivity index (χ1) is 21.9. The Morgan fingerprint density at radius 3 is 2.26 bits per heavy atom. The summed E-state index contributed by atoms with van der Waals surface area (Å²) in [4.78, 5) is 34.0. The third-order valence-corrected chi connectivity index (χ3v) is 8.98. The van der Waals surface area contributed by atoms with Crippen molar-refractivity contribution in [2.75, 3.05) is 7.11 Å². The summed E-state index contributed by atoms with van der Waals surface area (Å²) in [7, 11) is 1.60. The van der Waals surface area contributed by atoms with Crippen LogP contribution in [-0.4, -0.2) is 32.3 Å². The molecule has 2 aromatic carbocycles. The molecule has 238 valence electrons. The summed E-state index contributed by atoms with van der Waals surface area (Å²) < 4.78 is 13.6. The second kappa shape index (κ2) is 13.5. The van der Waals surface area contributed by atoms with Gasteiger partial charge in [0, 0.05) is 68.4 Å².